The van der Waals surface area contributed by atoms with Gasteiger partial charge in [-0.15, -0.1) is 0 Å². The molecule has 1 saturated heterocycles. The first-order valence-electron chi connectivity index (χ1n) is 8.83. The molecule has 1 aromatic heterocycles. The Kier molecular flexibility index (Phi) is 4.29. The molecule has 0 saturated carbocycles. The molecule has 2 aromatic carbocycles. The normalized spacial score (nSPS) is 14.0. The Labute approximate surface area is 151 Å². The lowest BCUT2D eigenvalue weighted by Crippen LogP contribution is -2.19. The van der Waals surface area contributed by atoms with E-state index in [1.807, 2.05) is 18.2 Å². The van der Waals surface area contributed by atoms with Crippen LogP contribution in [0.3, 0.4) is 0 Å². The fraction of sp³-hybridized carbons (Fsp3) is 0.238. The SMILES string of the molecule is Cc1cc(N2CCCC2)nc2ccc(NC(=O)c3ccc(F)cc3)cc12. The highest BCUT2D eigenvalue weighted by Crippen LogP contribution is 2.27. The number of anilines is 2. The van der Waals surface area contributed by atoms with E-state index >= 15 is 0 Å². The lowest BCUT2D eigenvalue weighted by atomic mass is 10.1. The van der Waals surface area contributed by atoms with E-state index in [4.69, 9.17) is 4.98 Å². The van der Waals surface area contributed by atoms with E-state index in [1.165, 1.54) is 37.1 Å². The van der Waals surface area contributed by atoms with Crippen LogP contribution in [0.1, 0.15) is 28.8 Å². The van der Waals surface area contributed by atoms with Gasteiger partial charge in [0.15, 0.2) is 0 Å². The molecule has 1 fully saturated rings. The molecule has 0 atom stereocenters. The van der Waals surface area contributed by atoms with Gasteiger partial charge in [0.05, 0.1) is 5.52 Å². The number of rotatable bonds is 3. The molecule has 4 rings (SSSR count). The summed E-state index contributed by atoms with van der Waals surface area (Å²) in [5.74, 6) is 0.405. The van der Waals surface area contributed by atoms with Gasteiger partial charge in [0.2, 0.25) is 0 Å². The second kappa shape index (κ2) is 6.75. The highest BCUT2D eigenvalue weighted by molar-refractivity contribution is 6.05. The van der Waals surface area contributed by atoms with E-state index in [0.717, 1.165) is 35.4 Å². The number of hydrogen-bond acceptors (Lipinski definition) is 3. The van der Waals surface area contributed by atoms with Crippen LogP contribution in [0.25, 0.3) is 10.9 Å². The predicted molar refractivity (Wildman–Crippen MR) is 102 cm³/mol. The minimum Gasteiger partial charge on any atom is -0.357 e. The Balaban J connectivity index is 1.61. The van der Waals surface area contributed by atoms with Crippen molar-refractivity contribution in [3.05, 3.63) is 65.5 Å². The van der Waals surface area contributed by atoms with E-state index in [-0.39, 0.29) is 11.7 Å². The number of carbonyl (C=O) groups is 1. The van der Waals surface area contributed by atoms with Gasteiger partial charge in [0.25, 0.3) is 5.91 Å². The first-order chi connectivity index (χ1) is 12.6. The number of halogens is 1. The van der Waals surface area contributed by atoms with Crippen LogP contribution >= 0.6 is 0 Å². The van der Waals surface area contributed by atoms with Crippen molar-refractivity contribution < 1.29 is 9.18 Å². The van der Waals surface area contributed by atoms with Gasteiger partial charge >= 0.3 is 0 Å². The zero-order valence-corrected chi connectivity index (χ0v) is 14.6. The lowest BCUT2D eigenvalue weighted by Gasteiger charge is -2.18. The van der Waals surface area contributed by atoms with Gasteiger partial charge in [-0.1, -0.05) is 0 Å². The van der Waals surface area contributed by atoms with Crippen LogP contribution in [0.4, 0.5) is 15.9 Å². The minimum absolute atomic E-state index is 0.261. The van der Waals surface area contributed by atoms with E-state index < -0.39 is 0 Å². The smallest absolute Gasteiger partial charge is 0.255 e. The highest BCUT2D eigenvalue weighted by Gasteiger charge is 2.15. The number of amides is 1. The largest absolute Gasteiger partial charge is 0.357 e. The molecule has 0 radical (unpaired) electrons. The second-order valence-corrected chi connectivity index (χ2v) is 6.68. The summed E-state index contributed by atoms with van der Waals surface area (Å²) in [5.41, 5.74) is 3.18. The molecule has 1 N–H and O–H groups in total. The maximum Gasteiger partial charge on any atom is 0.255 e. The fourth-order valence-electron chi connectivity index (χ4n) is 3.37. The predicted octanol–water partition coefficient (Wildman–Crippen LogP) is 4.53. The van der Waals surface area contributed by atoms with Crippen molar-refractivity contribution in [3.8, 4) is 0 Å². The molecule has 0 spiro atoms. The average molecular weight is 349 g/mol. The molecule has 3 aromatic rings. The summed E-state index contributed by atoms with van der Waals surface area (Å²) >= 11 is 0. The summed E-state index contributed by atoms with van der Waals surface area (Å²) in [4.78, 5) is 19.4. The van der Waals surface area contributed by atoms with Gasteiger partial charge < -0.3 is 10.2 Å². The first kappa shape index (κ1) is 16.5. The van der Waals surface area contributed by atoms with Crippen molar-refractivity contribution >= 4 is 28.3 Å². The number of hydrogen-bond donors (Lipinski definition) is 1. The first-order valence-corrected chi connectivity index (χ1v) is 8.83. The Hall–Kier alpha value is -2.95. The molecule has 26 heavy (non-hydrogen) atoms. The van der Waals surface area contributed by atoms with Crippen LogP contribution in [-0.2, 0) is 0 Å². The van der Waals surface area contributed by atoms with E-state index in [1.54, 1.807) is 0 Å². The number of aryl methyl sites for hydroxylation is 1. The quantitative estimate of drug-likeness (QED) is 0.755. The maximum absolute atomic E-state index is 13.0. The Morgan fingerprint density at radius 1 is 1.08 bits per heavy atom. The Morgan fingerprint density at radius 2 is 1.81 bits per heavy atom. The van der Waals surface area contributed by atoms with Crippen LogP contribution in [0.15, 0.2) is 48.5 Å². The van der Waals surface area contributed by atoms with Crippen molar-refractivity contribution in [2.75, 3.05) is 23.3 Å². The number of aromatic nitrogens is 1. The van der Waals surface area contributed by atoms with E-state index in [9.17, 15) is 9.18 Å². The Bertz CT molecular complexity index is 963. The summed E-state index contributed by atoms with van der Waals surface area (Å²) in [7, 11) is 0. The molecule has 1 aliphatic heterocycles. The van der Waals surface area contributed by atoms with Crippen LogP contribution in [0.5, 0.6) is 0 Å². The van der Waals surface area contributed by atoms with Gasteiger partial charge in [-0.25, -0.2) is 9.37 Å². The number of nitrogens with one attached hydrogen (secondary N) is 1. The van der Waals surface area contributed by atoms with Gasteiger partial charge in [0, 0.05) is 29.7 Å². The molecule has 4 nitrogen and oxygen atoms in total. The summed E-state index contributed by atoms with van der Waals surface area (Å²) in [5, 5.41) is 3.89. The molecule has 0 aliphatic carbocycles. The van der Waals surface area contributed by atoms with Gasteiger partial charge in [-0.05, 0) is 73.9 Å². The van der Waals surface area contributed by atoms with Gasteiger partial charge in [-0.2, -0.15) is 0 Å². The molecule has 0 unspecified atom stereocenters. The van der Waals surface area contributed by atoms with Crippen LogP contribution in [0.2, 0.25) is 0 Å². The zero-order chi connectivity index (χ0) is 18.1. The molecule has 0 bridgehead atoms. The average Bonchev–Trinajstić information content (AvgIpc) is 3.17. The molecule has 1 amide bonds. The number of carbonyl (C=O) groups excluding carboxylic acids is 1. The van der Waals surface area contributed by atoms with E-state index in [0.29, 0.717) is 11.3 Å². The third-order valence-corrected chi connectivity index (χ3v) is 4.80. The van der Waals surface area contributed by atoms with Crippen molar-refractivity contribution in [1.82, 2.24) is 4.98 Å². The van der Waals surface area contributed by atoms with Gasteiger partial charge in [-0.3, -0.25) is 4.79 Å². The van der Waals surface area contributed by atoms with Crippen LogP contribution < -0.4 is 10.2 Å². The standard InChI is InChI=1S/C21H20FN3O/c1-14-12-20(25-10-2-3-11-25)24-19-9-8-17(13-18(14)19)23-21(26)15-4-6-16(22)7-5-15/h4-9,12-13H,2-3,10-11H2,1H3,(H,23,26). The fourth-order valence-corrected chi connectivity index (χ4v) is 3.37. The summed E-state index contributed by atoms with van der Waals surface area (Å²) in [6, 6.07) is 13.3. The third kappa shape index (κ3) is 3.25. The molecular formula is C21H20FN3O. The zero-order valence-electron chi connectivity index (χ0n) is 14.6. The monoisotopic (exact) mass is 349 g/mol. The van der Waals surface area contributed by atoms with Crippen molar-refractivity contribution in [1.29, 1.82) is 0 Å². The number of pyridine rings is 1. The number of benzene rings is 2. The molecule has 2 heterocycles. The highest BCUT2D eigenvalue weighted by atomic mass is 19.1. The molecular weight excluding hydrogens is 329 g/mol. The topological polar surface area (TPSA) is 45.2 Å². The summed E-state index contributed by atoms with van der Waals surface area (Å²) < 4.78 is 13.0. The molecule has 132 valence electrons. The van der Waals surface area contributed by atoms with Crippen LogP contribution in [0, 0.1) is 12.7 Å². The molecule has 5 heteroatoms. The van der Waals surface area contributed by atoms with E-state index in [2.05, 4.69) is 23.2 Å². The maximum atomic E-state index is 13.0. The molecule has 1 aliphatic rings. The third-order valence-electron chi connectivity index (χ3n) is 4.80. The Morgan fingerprint density at radius 3 is 2.54 bits per heavy atom. The number of nitrogens with zero attached hydrogens (tertiary/aromatic N) is 2. The van der Waals surface area contributed by atoms with Crippen molar-refractivity contribution in [2.24, 2.45) is 0 Å². The summed E-state index contributed by atoms with van der Waals surface area (Å²) in [6.07, 6.45) is 2.43. The van der Waals surface area contributed by atoms with Crippen LogP contribution in [-0.4, -0.2) is 24.0 Å². The van der Waals surface area contributed by atoms with Gasteiger partial charge in [0.1, 0.15) is 11.6 Å². The minimum atomic E-state index is -0.359. The van der Waals surface area contributed by atoms with Crippen molar-refractivity contribution in [2.45, 2.75) is 19.8 Å². The lowest BCUT2D eigenvalue weighted by molar-refractivity contribution is 0.102. The number of fused-ring (bicyclic) bond motifs is 1. The summed E-state index contributed by atoms with van der Waals surface area (Å²) in [6.45, 7) is 4.18. The van der Waals surface area contributed by atoms with Crippen molar-refractivity contribution in [3.63, 3.8) is 0 Å². The second-order valence-electron chi connectivity index (χ2n) is 6.68.